The van der Waals surface area contributed by atoms with Crippen LogP contribution in [-0.2, 0) is 16.1 Å². The van der Waals surface area contributed by atoms with Crippen LogP contribution < -0.4 is 10.6 Å². The van der Waals surface area contributed by atoms with E-state index in [-0.39, 0.29) is 17.9 Å². The number of nitrogens with one attached hydrogen (secondary N) is 2. The van der Waals surface area contributed by atoms with Gasteiger partial charge in [0.15, 0.2) is 0 Å². The molecule has 2 N–H and O–H groups in total. The molecule has 1 amide bonds. The topological polar surface area (TPSA) is 68.2 Å². The zero-order valence-corrected chi connectivity index (χ0v) is 9.99. The Bertz CT molecular complexity index is 468. The average Bonchev–Trinajstić information content (AvgIpc) is 2.85. The molecule has 1 aromatic rings. The van der Waals surface area contributed by atoms with Crippen LogP contribution in [0.15, 0.2) is 0 Å². The molecule has 0 radical (unpaired) electrons. The first kappa shape index (κ1) is 10.6. The van der Waals surface area contributed by atoms with Crippen LogP contribution in [0.1, 0.15) is 12.6 Å². The molecule has 3 rings (SSSR count). The zero-order chi connectivity index (χ0) is 12.0. The maximum atomic E-state index is 12.0. The van der Waals surface area contributed by atoms with E-state index in [1.165, 1.54) is 0 Å². The molecule has 6 nitrogen and oxygen atoms in total. The highest BCUT2D eigenvalue weighted by molar-refractivity contribution is 5.98. The summed E-state index contributed by atoms with van der Waals surface area (Å²) in [6.07, 6.45) is 0. The second-order valence-electron chi connectivity index (χ2n) is 4.51. The highest BCUT2D eigenvalue weighted by Crippen LogP contribution is 2.32. The van der Waals surface area contributed by atoms with Crippen molar-refractivity contribution in [2.45, 2.75) is 26.4 Å². The van der Waals surface area contributed by atoms with Gasteiger partial charge in [-0.3, -0.25) is 4.79 Å². The van der Waals surface area contributed by atoms with Crippen LogP contribution in [0.25, 0.3) is 0 Å². The van der Waals surface area contributed by atoms with Crippen LogP contribution in [0.3, 0.4) is 0 Å². The van der Waals surface area contributed by atoms with Gasteiger partial charge in [-0.05, 0) is 13.8 Å². The van der Waals surface area contributed by atoms with Crippen LogP contribution in [0.2, 0.25) is 0 Å². The summed E-state index contributed by atoms with van der Waals surface area (Å²) in [5, 5.41) is 10.7. The summed E-state index contributed by atoms with van der Waals surface area (Å²) >= 11 is 0. The predicted octanol–water partition coefficient (Wildman–Crippen LogP) is 0.590. The molecule has 2 atom stereocenters. The smallest absolute Gasteiger partial charge is 0.232 e. The Morgan fingerprint density at radius 1 is 1.53 bits per heavy atom. The van der Waals surface area contributed by atoms with Gasteiger partial charge in [0.05, 0.1) is 30.9 Å². The molecule has 0 aromatic carbocycles. The Hall–Kier alpha value is -1.56. The zero-order valence-electron chi connectivity index (χ0n) is 9.99. The van der Waals surface area contributed by atoms with Gasteiger partial charge in [-0.1, -0.05) is 0 Å². The lowest BCUT2D eigenvalue weighted by atomic mass is 10.0. The minimum absolute atomic E-state index is 0.0255. The number of hydrogen-bond acceptors (Lipinski definition) is 4. The summed E-state index contributed by atoms with van der Waals surface area (Å²) in [5.41, 5.74) is 1.66. The number of carbonyl (C=O) groups excluding carboxylic acids is 1. The Labute approximate surface area is 99.3 Å². The highest BCUT2D eigenvalue weighted by Gasteiger charge is 2.38. The molecular formula is C11H16N4O2. The van der Waals surface area contributed by atoms with Crippen LogP contribution in [0, 0.1) is 12.8 Å². The van der Waals surface area contributed by atoms with Gasteiger partial charge >= 0.3 is 0 Å². The molecular weight excluding hydrogens is 220 g/mol. The number of aryl methyl sites for hydroxylation is 2. The first-order valence-corrected chi connectivity index (χ1v) is 5.93. The highest BCUT2D eigenvalue weighted by atomic mass is 16.5. The van der Waals surface area contributed by atoms with Crippen LogP contribution in [0.5, 0.6) is 0 Å². The first-order valence-electron chi connectivity index (χ1n) is 5.93. The molecule has 1 fully saturated rings. The van der Waals surface area contributed by atoms with Crippen molar-refractivity contribution in [1.29, 1.82) is 0 Å². The van der Waals surface area contributed by atoms with Crippen molar-refractivity contribution >= 4 is 17.4 Å². The normalized spacial score (nSPS) is 26.8. The number of anilines is 2. The van der Waals surface area contributed by atoms with Gasteiger partial charge in [-0.2, -0.15) is 5.10 Å². The van der Waals surface area contributed by atoms with Gasteiger partial charge in [0.1, 0.15) is 11.5 Å². The molecule has 0 aliphatic carbocycles. The van der Waals surface area contributed by atoms with Crippen molar-refractivity contribution in [3.8, 4) is 0 Å². The lowest BCUT2D eigenvalue weighted by Crippen LogP contribution is -2.34. The quantitative estimate of drug-likeness (QED) is 0.749. The average molecular weight is 236 g/mol. The second kappa shape index (κ2) is 3.73. The Kier molecular flexibility index (Phi) is 2.32. The molecule has 1 saturated heterocycles. The van der Waals surface area contributed by atoms with E-state index in [0.29, 0.717) is 13.2 Å². The molecule has 2 unspecified atom stereocenters. The second-order valence-corrected chi connectivity index (χ2v) is 4.51. The number of hydrogen-bond donors (Lipinski definition) is 2. The largest absolute Gasteiger partial charge is 0.378 e. The third-order valence-electron chi connectivity index (χ3n) is 3.41. The number of ether oxygens (including phenoxy) is 1. The van der Waals surface area contributed by atoms with E-state index < -0.39 is 0 Å². The van der Waals surface area contributed by atoms with Crippen LogP contribution in [-0.4, -0.2) is 34.9 Å². The molecule has 2 aliphatic rings. The van der Waals surface area contributed by atoms with Crippen LogP contribution in [0.4, 0.5) is 11.5 Å². The molecule has 6 heteroatoms. The van der Waals surface area contributed by atoms with E-state index in [4.69, 9.17) is 4.74 Å². The number of aromatic nitrogens is 2. The summed E-state index contributed by atoms with van der Waals surface area (Å²) < 4.78 is 7.24. The molecule has 3 heterocycles. The van der Waals surface area contributed by atoms with Gasteiger partial charge in [0.25, 0.3) is 0 Å². The first-order chi connectivity index (χ1) is 8.20. The van der Waals surface area contributed by atoms with E-state index in [2.05, 4.69) is 15.7 Å². The van der Waals surface area contributed by atoms with Gasteiger partial charge in [0, 0.05) is 6.54 Å². The predicted molar refractivity (Wildman–Crippen MR) is 63.0 cm³/mol. The molecule has 0 bridgehead atoms. The number of carbonyl (C=O) groups is 1. The summed E-state index contributed by atoms with van der Waals surface area (Å²) in [5.74, 6) is 0.820. The summed E-state index contributed by atoms with van der Waals surface area (Å²) in [7, 11) is 0. The maximum Gasteiger partial charge on any atom is 0.232 e. The van der Waals surface area contributed by atoms with Gasteiger partial charge in [0.2, 0.25) is 5.91 Å². The van der Waals surface area contributed by atoms with Gasteiger partial charge in [-0.25, -0.2) is 4.68 Å². The third kappa shape index (κ3) is 1.51. The van der Waals surface area contributed by atoms with Crippen molar-refractivity contribution in [3.63, 3.8) is 0 Å². The van der Waals surface area contributed by atoms with Crippen molar-refractivity contribution < 1.29 is 9.53 Å². The lowest BCUT2D eigenvalue weighted by Gasteiger charge is -2.15. The Morgan fingerprint density at radius 3 is 3.12 bits per heavy atom. The molecule has 2 aliphatic heterocycles. The third-order valence-corrected chi connectivity index (χ3v) is 3.41. The Balaban J connectivity index is 2.05. The number of nitrogens with zero attached hydrogens (tertiary/aromatic N) is 2. The van der Waals surface area contributed by atoms with E-state index in [1.54, 1.807) is 0 Å². The Morgan fingerprint density at radius 2 is 2.35 bits per heavy atom. The lowest BCUT2D eigenvalue weighted by molar-refractivity contribution is -0.119. The van der Waals surface area contributed by atoms with Crippen molar-refractivity contribution in [2.24, 2.45) is 5.92 Å². The number of amides is 1. The van der Waals surface area contributed by atoms with E-state index in [1.807, 2.05) is 18.5 Å². The van der Waals surface area contributed by atoms with Crippen molar-refractivity contribution in [1.82, 2.24) is 9.78 Å². The molecule has 0 saturated carbocycles. The molecule has 0 spiro atoms. The van der Waals surface area contributed by atoms with E-state index >= 15 is 0 Å². The molecule has 1 aromatic heterocycles. The standard InChI is InChI=1S/C11H16N4O2/c1-3-15-10-9(6(2)14-15)13-11(16)7-4-17-5-8(7)12-10/h7-8,12H,3-5H2,1-2H3,(H,13,16). The van der Waals surface area contributed by atoms with Gasteiger partial charge in [-0.15, -0.1) is 0 Å². The monoisotopic (exact) mass is 236 g/mol. The van der Waals surface area contributed by atoms with Crippen molar-refractivity contribution in [2.75, 3.05) is 23.8 Å². The minimum Gasteiger partial charge on any atom is -0.378 e. The summed E-state index contributed by atoms with van der Waals surface area (Å²) in [6, 6.07) is 0.0534. The van der Waals surface area contributed by atoms with E-state index in [9.17, 15) is 4.79 Å². The van der Waals surface area contributed by atoms with Crippen LogP contribution >= 0.6 is 0 Å². The molecule has 92 valence electrons. The fourth-order valence-electron chi connectivity index (χ4n) is 2.45. The van der Waals surface area contributed by atoms with Gasteiger partial charge < -0.3 is 15.4 Å². The van der Waals surface area contributed by atoms with Crippen molar-refractivity contribution in [3.05, 3.63) is 5.69 Å². The SMILES string of the molecule is CCn1nc(C)c2c1NC1COCC1C(=O)N2. The minimum atomic E-state index is -0.105. The number of fused-ring (bicyclic) bond motifs is 2. The molecule has 17 heavy (non-hydrogen) atoms. The summed E-state index contributed by atoms with van der Waals surface area (Å²) in [6.45, 7) is 5.78. The maximum absolute atomic E-state index is 12.0. The fraction of sp³-hybridized carbons (Fsp3) is 0.636. The summed E-state index contributed by atoms with van der Waals surface area (Å²) in [4.78, 5) is 12.0. The fourth-order valence-corrected chi connectivity index (χ4v) is 2.45. The number of rotatable bonds is 1. The van der Waals surface area contributed by atoms with E-state index in [0.717, 1.165) is 23.7 Å².